The lowest BCUT2D eigenvalue weighted by molar-refractivity contribution is -0.122. The summed E-state index contributed by atoms with van der Waals surface area (Å²) >= 11 is 0. The highest BCUT2D eigenvalue weighted by atomic mass is 16.2. The molecule has 0 aliphatic carbocycles. The predicted octanol–water partition coefficient (Wildman–Crippen LogP) is 0.526. The molecule has 2 heterocycles. The van der Waals surface area contributed by atoms with Crippen LogP contribution >= 0.6 is 0 Å². The van der Waals surface area contributed by atoms with Crippen LogP contribution in [-0.2, 0) is 11.3 Å². The van der Waals surface area contributed by atoms with Crippen LogP contribution in [0.5, 0.6) is 0 Å². The number of nitrogens with two attached hydrogens (primary N) is 1. The predicted molar refractivity (Wildman–Crippen MR) is 61.6 cm³/mol. The lowest BCUT2D eigenvalue weighted by Gasteiger charge is -2.05. The average Bonchev–Trinajstić information content (AvgIpc) is 2.68. The Labute approximate surface area is 93.1 Å². The lowest BCUT2D eigenvalue weighted by Crippen LogP contribution is -2.37. The normalized spacial score (nSPS) is 12.6. The molecular weight excluding hydrogens is 204 g/mol. The molecule has 0 bridgehead atoms. The van der Waals surface area contributed by atoms with E-state index in [9.17, 15) is 4.79 Å². The van der Waals surface area contributed by atoms with Crippen molar-refractivity contribution in [2.24, 2.45) is 5.73 Å². The second-order valence-corrected chi connectivity index (χ2v) is 3.76. The van der Waals surface area contributed by atoms with Crippen LogP contribution in [0, 0.1) is 0 Å². The first-order valence-corrected chi connectivity index (χ1v) is 5.12. The van der Waals surface area contributed by atoms with E-state index in [1.165, 1.54) is 0 Å². The second-order valence-electron chi connectivity index (χ2n) is 3.76. The van der Waals surface area contributed by atoms with Gasteiger partial charge in [0, 0.05) is 29.0 Å². The van der Waals surface area contributed by atoms with Gasteiger partial charge in [-0.05, 0) is 19.1 Å². The molecule has 2 rings (SSSR count). The summed E-state index contributed by atoms with van der Waals surface area (Å²) in [6, 6.07) is 3.38. The van der Waals surface area contributed by atoms with E-state index in [1.54, 1.807) is 19.3 Å². The van der Waals surface area contributed by atoms with Gasteiger partial charge >= 0.3 is 0 Å². The fourth-order valence-electron chi connectivity index (χ4n) is 1.47. The quantitative estimate of drug-likeness (QED) is 0.702. The van der Waals surface area contributed by atoms with Crippen molar-refractivity contribution in [1.82, 2.24) is 15.3 Å². The Morgan fingerprint density at radius 2 is 2.50 bits per heavy atom. The van der Waals surface area contributed by atoms with Crippen LogP contribution in [0.4, 0.5) is 0 Å². The SMILES string of the molecule is C[C@H](N)C(=O)NCc1cc2cnccc2[nH]1. The molecule has 0 saturated carbocycles. The number of fused-ring (bicyclic) bond motifs is 1. The lowest BCUT2D eigenvalue weighted by atomic mass is 10.3. The number of carbonyl (C=O) groups is 1. The van der Waals surface area contributed by atoms with Crippen LogP contribution in [0.15, 0.2) is 24.5 Å². The fourth-order valence-corrected chi connectivity index (χ4v) is 1.47. The number of carbonyl (C=O) groups excluding carboxylic acids is 1. The van der Waals surface area contributed by atoms with Crippen molar-refractivity contribution in [2.45, 2.75) is 19.5 Å². The van der Waals surface area contributed by atoms with Gasteiger partial charge in [0.2, 0.25) is 5.91 Å². The zero-order chi connectivity index (χ0) is 11.5. The first-order chi connectivity index (χ1) is 7.66. The van der Waals surface area contributed by atoms with E-state index >= 15 is 0 Å². The molecule has 2 aromatic heterocycles. The van der Waals surface area contributed by atoms with Crippen molar-refractivity contribution in [2.75, 3.05) is 0 Å². The van der Waals surface area contributed by atoms with Crippen molar-refractivity contribution < 1.29 is 4.79 Å². The maximum atomic E-state index is 11.3. The van der Waals surface area contributed by atoms with Gasteiger partial charge < -0.3 is 16.0 Å². The molecule has 0 aliphatic heterocycles. The van der Waals surface area contributed by atoms with E-state index in [4.69, 9.17) is 5.73 Å². The summed E-state index contributed by atoms with van der Waals surface area (Å²) in [4.78, 5) is 18.5. The van der Waals surface area contributed by atoms with E-state index < -0.39 is 6.04 Å². The monoisotopic (exact) mass is 218 g/mol. The van der Waals surface area contributed by atoms with Gasteiger partial charge in [0.25, 0.3) is 0 Å². The zero-order valence-electron chi connectivity index (χ0n) is 9.03. The maximum Gasteiger partial charge on any atom is 0.236 e. The molecule has 16 heavy (non-hydrogen) atoms. The van der Waals surface area contributed by atoms with E-state index in [-0.39, 0.29) is 5.91 Å². The largest absolute Gasteiger partial charge is 0.357 e. The van der Waals surface area contributed by atoms with Crippen LogP contribution < -0.4 is 11.1 Å². The number of amides is 1. The second kappa shape index (κ2) is 4.32. The molecule has 0 unspecified atom stereocenters. The summed E-state index contributed by atoms with van der Waals surface area (Å²) in [5, 5.41) is 3.78. The van der Waals surface area contributed by atoms with Gasteiger partial charge in [-0.3, -0.25) is 9.78 Å². The number of nitrogens with zero attached hydrogens (tertiary/aromatic N) is 1. The minimum absolute atomic E-state index is 0.156. The molecule has 1 atom stereocenters. The Morgan fingerprint density at radius 3 is 3.19 bits per heavy atom. The molecule has 0 aliphatic rings. The Balaban J connectivity index is 2.07. The Kier molecular flexibility index (Phi) is 2.87. The number of hydrogen-bond acceptors (Lipinski definition) is 3. The topological polar surface area (TPSA) is 83.8 Å². The van der Waals surface area contributed by atoms with Gasteiger partial charge in [-0.25, -0.2) is 0 Å². The van der Waals surface area contributed by atoms with Crippen LogP contribution in [0.1, 0.15) is 12.6 Å². The van der Waals surface area contributed by atoms with E-state index in [2.05, 4.69) is 15.3 Å². The summed E-state index contributed by atoms with van der Waals surface area (Å²) in [5.41, 5.74) is 7.40. The number of aromatic nitrogens is 2. The highest BCUT2D eigenvalue weighted by Crippen LogP contribution is 2.12. The van der Waals surface area contributed by atoms with Crippen LogP contribution in [-0.4, -0.2) is 21.9 Å². The number of rotatable bonds is 3. The zero-order valence-corrected chi connectivity index (χ0v) is 9.03. The van der Waals surface area contributed by atoms with Gasteiger partial charge in [0.1, 0.15) is 0 Å². The van der Waals surface area contributed by atoms with E-state index in [1.807, 2.05) is 12.1 Å². The summed E-state index contributed by atoms with van der Waals surface area (Å²) < 4.78 is 0. The third-order valence-electron chi connectivity index (χ3n) is 2.34. The number of aromatic amines is 1. The van der Waals surface area contributed by atoms with Gasteiger partial charge in [0.15, 0.2) is 0 Å². The van der Waals surface area contributed by atoms with Crippen molar-refractivity contribution in [3.63, 3.8) is 0 Å². The molecule has 5 nitrogen and oxygen atoms in total. The number of pyridine rings is 1. The number of H-pyrrole nitrogens is 1. The third kappa shape index (κ3) is 2.20. The molecular formula is C11H14N4O. The van der Waals surface area contributed by atoms with E-state index in [0.29, 0.717) is 6.54 Å². The minimum atomic E-state index is -0.481. The molecule has 4 N–H and O–H groups in total. The Hall–Kier alpha value is -1.88. The highest BCUT2D eigenvalue weighted by molar-refractivity contribution is 5.82. The summed E-state index contributed by atoms with van der Waals surface area (Å²) in [6.45, 7) is 2.11. The standard InChI is InChI=1S/C11H14N4O/c1-7(12)11(16)14-6-9-4-8-5-13-3-2-10(8)15-9/h2-5,7,15H,6,12H2,1H3,(H,14,16)/t7-/m0/s1. The molecule has 0 saturated heterocycles. The first kappa shape index (κ1) is 10.6. The number of nitrogens with one attached hydrogen (secondary N) is 2. The van der Waals surface area contributed by atoms with Crippen molar-refractivity contribution >= 4 is 16.8 Å². The molecule has 0 radical (unpaired) electrons. The van der Waals surface area contributed by atoms with Crippen molar-refractivity contribution in [3.8, 4) is 0 Å². The molecule has 0 aromatic carbocycles. The first-order valence-electron chi connectivity index (χ1n) is 5.12. The Bertz CT molecular complexity index is 470. The van der Waals surface area contributed by atoms with Crippen molar-refractivity contribution in [3.05, 3.63) is 30.2 Å². The molecule has 84 valence electrons. The smallest absolute Gasteiger partial charge is 0.236 e. The fraction of sp³-hybridized carbons (Fsp3) is 0.273. The van der Waals surface area contributed by atoms with Crippen molar-refractivity contribution in [1.29, 1.82) is 0 Å². The molecule has 0 fully saturated rings. The highest BCUT2D eigenvalue weighted by Gasteiger charge is 2.07. The number of hydrogen-bond donors (Lipinski definition) is 3. The van der Waals surface area contributed by atoms with E-state index in [0.717, 1.165) is 16.6 Å². The molecule has 1 amide bonds. The molecule has 2 aromatic rings. The summed E-state index contributed by atoms with van der Waals surface area (Å²) in [5.74, 6) is -0.156. The minimum Gasteiger partial charge on any atom is -0.357 e. The summed E-state index contributed by atoms with van der Waals surface area (Å²) in [6.07, 6.45) is 3.51. The average molecular weight is 218 g/mol. The van der Waals surface area contributed by atoms with Gasteiger partial charge in [-0.15, -0.1) is 0 Å². The maximum absolute atomic E-state index is 11.3. The van der Waals surface area contributed by atoms with Gasteiger partial charge in [-0.1, -0.05) is 0 Å². The van der Waals surface area contributed by atoms with Gasteiger partial charge in [-0.2, -0.15) is 0 Å². The summed E-state index contributed by atoms with van der Waals surface area (Å²) in [7, 11) is 0. The Morgan fingerprint density at radius 1 is 1.69 bits per heavy atom. The molecule has 5 heteroatoms. The third-order valence-corrected chi connectivity index (χ3v) is 2.34. The van der Waals surface area contributed by atoms with Crippen LogP contribution in [0.2, 0.25) is 0 Å². The molecule has 0 spiro atoms. The van der Waals surface area contributed by atoms with Gasteiger partial charge in [0.05, 0.1) is 12.6 Å². The van der Waals surface area contributed by atoms with Crippen LogP contribution in [0.3, 0.4) is 0 Å². The van der Waals surface area contributed by atoms with Crippen LogP contribution in [0.25, 0.3) is 10.9 Å².